The Balaban J connectivity index is 1.74. The SMILES string of the molecule is CC(Sc1cccc(NC(=O)c2cccs2)c1)C(=O)Nc1c(F)c(F)c(C(F)(F)F)c(F)c1F. The minimum absolute atomic E-state index is 0.361. The lowest BCUT2D eigenvalue weighted by atomic mass is 10.1. The van der Waals surface area contributed by atoms with Gasteiger partial charge in [-0.05, 0) is 36.6 Å². The molecule has 0 saturated heterocycles. The van der Waals surface area contributed by atoms with Gasteiger partial charge in [0.25, 0.3) is 5.91 Å². The van der Waals surface area contributed by atoms with E-state index in [1.165, 1.54) is 24.3 Å². The molecule has 0 aliphatic rings. The second-order valence-corrected chi connectivity index (χ2v) is 9.07. The van der Waals surface area contributed by atoms with Crippen molar-refractivity contribution < 1.29 is 40.3 Å². The number of nitrogens with one attached hydrogen (secondary N) is 2. The number of hydrogen-bond donors (Lipinski definition) is 2. The predicted octanol–water partition coefficient (Wildman–Crippen LogP) is 6.69. The zero-order valence-corrected chi connectivity index (χ0v) is 18.5. The molecular weight excluding hydrogens is 509 g/mol. The number of benzene rings is 2. The van der Waals surface area contributed by atoms with Gasteiger partial charge in [0.2, 0.25) is 5.91 Å². The molecule has 0 spiro atoms. The summed E-state index contributed by atoms with van der Waals surface area (Å²) in [6.07, 6.45) is -5.69. The van der Waals surface area contributed by atoms with E-state index in [1.54, 1.807) is 41.0 Å². The molecule has 3 rings (SSSR count). The first-order chi connectivity index (χ1) is 15.9. The molecular formula is C21H13F7N2O2S2. The van der Waals surface area contributed by atoms with Gasteiger partial charge in [-0.2, -0.15) is 13.2 Å². The molecule has 1 aromatic heterocycles. The highest BCUT2D eigenvalue weighted by atomic mass is 32.2. The molecule has 0 saturated carbocycles. The third kappa shape index (κ3) is 5.53. The van der Waals surface area contributed by atoms with E-state index in [0.717, 1.165) is 11.8 Å². The highest BCUT2D eigenvalue weighted by molar-refractivity contribution is 8.00. The van der Waals surface area contributed by atoms with Gasteiger partial charge in [0, 0.05) is 10.6 Å². The van der Waals surface area contributed by atoms with Crippen LogP contribution in [0.25, 0.3) is 0 Å². The molecule has 0 aliphatic carbocycles. The van der Waals surface area contributed by atoms with Crippen LogP contribution < -0.4 is 10.6 Å². The molecule has 0 bridgehead atoms. The summed E-state index contributed by atoms with van der Waals surface area (Å²) in [6.45, 7) is 1.30. The summed E-state index contributed by atoms with van der Waals surface area (Å²) < 4.78 is 93.7. The molecule has 34 heavy (non-hydrogen) atoms. The number of thiophene rings is 1. The average molecular weight is 522 g/mol. The first-order valence-corrected chi connectivity index (χ1v) is 11.0. The number of anilines is 2. The monoisotopic (exact) mass is 522 g/mol. The Bertz CT molecular complexity index is 1200. The van der Waals surface area contributed by atoms with Crippen LogP contribution in [0, 0.1) is 23.3 Å². The van der Waals surface area contributed by atoms with Gasteiger partial charge in [-0.25, -0.2) is 17.6 Å². The maximum atomic E-state index is 14.0. The van der Waals surface area contributed by atoms with Crippen molar-refractivity contribution in [2.24, 2.45) is 0 Å². The average Bonchev–Trinajstić information content (AvgIpc) is 3.30. The quantitative estimate of drug-likeness (QED) is 0.215. The Kier molecular flexibility index (Phi) is 7.56. The van der Waals surface area contributed by atoms with E-state index < -0.39 is 51.9 Å². The number of thioether (sulfide) groups is 1. The van der Waals surface area contributed by atoms with Crippen molar-refractivity contribution in [1.29, 1.82) is 0 Å². The molecule has 2 aromatic carbocycles. The summed E-state index contributed by atoms with van der Waals surface area (Å²) in [4.78, 5) is 25.4. The zero-order valence-electron chi connectivity index (χ0n) is 16.9. The van der Waals surface area contributed by atoms with Crippen LogP contribution in [-0.4, -0.2) is 17.1 Å². The minimum atomic E-state index is -5.69. The number of alkyl halides is 3. The Morgan fingerprint density at radius 1 is 0.941 bits per heavy atom. The molecule has 1 unspecified atom stereocenters. The minimum Gasteiger partial charge on any atom is -0.321 e. The maximum Gasteiger partial charge on any atom is 0.422 e. The van der Waals surface area contributed by atoms with Crippen molar-refractivity contribution in [3.63, 3.8) is 0 Å². The van der Waals surface area contributed by atoms with Crippen molar-refractivity contribution in [1.82, 2.24) is 0 Å². The Morgan fingerprint density at radius 2 is 1.59 bits per heavy atom. The number of amides is 2. The van der Waals surface area contributed by atoms with Crippen LogP contribution in [0.1, 0.15) is 22.2 Å². The lowest BCUT2D eigenvalue weighted by Crippen LogP contribution is -2.25. The van der Waals surface area contributed by atoms with E-state index in [-0.39, 0.29) is 5.91 Å². The molecule has 4 nitrogen and oxygen atoms in total. The fourth-order valence-corrected chi connectivity index (χ4v) is 4.27. The fourth-order valence-electron chi connectivity index (χ4n) is 2.72. The second-order valence-electron chi connectivity index (χ2n) is 6.71. The van der Waals surface area contributed by atoms with Crippen molar-refractivity contribution in [3.05, 3.63) is 75.5 Å². The lowest BCUT2D eigenvalue weighted by molar-refractivity contribution is -0.143. The largest absolute Gasteiger partial charge is 0.422 e. The van der Waals surface area contributed by atoms with Crippen LogP contribution in [0.3, 0.4) is 0 Å². The van der Waals surface area contributed by atoms with Gasteiger partial charge in [-0.1, -0.05) is 12.1 Å². The molecule has 180 valence electrons. The van der Waals surface area contributed by atoms with Crippen LogP contribution in [0.5, 0.6) is 0 Å². The highest BCUT2D eigenvalue weighted by Gasteiger charge is 2.42. The summed E-state index contributed by atoms with van der Waals surface area (Å²) >= 11 is 2.09. The summed E-state index contributed by atoms with van der Waals surface area (Å²) in [7, 11) is 0. The predicted molar refractivity (Wildman–Crippen MR) is 114 cm³/mol. The van der Waals surface area contributed by atoms with Gasteiger partial charge in [-0.3, -0.25) is 9.59 Å². The number of halogens is 7. The maximum absolute atomic E-state index is 14.0. The lowest BCUT2D eigenvalue weighted by Gasteiger charge is -2.16. The van der Waals surface area contributed by atoms with Crippen LogP contribution in [-0.2, 0) is 11.0 Å². The van der Waals surface area contributed by atoms with Gasteiger partial charge in [-0.15, -0.1) is 23.1 Å². The second kappa shape index (κ2) is 10.1. The van der Waals surface area contributed by atoms with Crippen LogP contribution >= 0.6 is 23.1 Å². The summed E-state index contributed by atoms with van der Waals surface area (Å²) in [5.74, 6) is -11.6. The molecule has 2 amide bonds. The van der Waals surface area contributed by atoms with E-state index in [4.69, 9.17) is 0 Å². The van der Waals surface area contributed by atoms with E-state index in [9.17, 15) is 40.3 Å². The van der Waals surface area contributed by atoms with Gasteiger partial charge >= 0.3 is 6.18 Å². The number of carbonyl (C=O) groups is 2. The Labute approximate surface area is 196 Å². The third-order valence-corrected chi connectivity index (χ3v) is 6.28. The van der Waals surface area contributed by atoms with Gasteiger partial charge in [0.15, 0.2) is 23.3 Å². The molecule has 0 fully saturated rings. The summed E-state index contributed by atoms with van der Waals surface area (Å²) in [6, 6.07) is 9.55. The molecule has 2 N–H and O–H groups in total. The van der Waals surface area contributed by atoms with Gasteiger partial charge in [0.1, 0.15) is 11.3 Å². The van der Waals surface area contributed by atoms with E-state index >= 15 is 0 Å². The van der Waals surface area contributed by atoms with Crippen molar-refractivity contribution in [2.45, 2.75) is 23.2 Å². The molecule has 1 heterocycles. The van der Waals surface area contributed by atoms with Crippen molar-refractivity contribution in [2.75, 3.05) is 10.6 Å². The highest BCUT2D eigenvalue weighted by Crippen LogP contribution is 2.38. The zero-order chi connectivity index (χ0) is 25.2. The van der Waals surface area contributed by atoms with Crippen LogP contribution in [0.15, 0.2) is 46.7 Å². The first-order valence-electron chi connectivity index (χ1n) is 9.25. The van der Waals surface area contributed by atoms with Crippen LogP contribution in [0.4, 0.5) is 42.1 Å². The smallest absolute Gasteiger partial charge is 0.321 e. The van der Waals surface area contributed by atoms with E-state index in [2.05, 4.69) is 5.32 Å². The van der Waals surface area contributed by atoms with E-state index in [1.807, 2.05) is 0 Å². The first kappa shape index (κ1) is 25.6. The standard InChI is InChI=1S/C21H13F7N2O2S2/c1-9(34-11-5-2-4-10(8-11)29-20(32)12-6-3-7-33-12)19(31)30-18-16(24)14(22)13(21(26,27)28)15(23)17(18)25/h2-9H,1H3,(H,29,32)(H,30,31). The molecule has 3 aromatic rings. The summed E-state index contributed by atoms with van der Waals surface area (Å²) in [5.41, 5.74) is -4.01. The van der Waals surface area contributed by atoms with Crippen molar-refractivity contribution in [3.8, 4) is 0 Å². The van der Waals surface area contributed by atoms with Gasteiger partial charge in [0.05, 0.1) is 10.1 Å². The third-order valence-electron chi connectivity index (χ3n) is 4.31. The Hall–Kier alpha value is -3.06. The number of carbonyl (C=O) groups excluding carboxylic acids is 2. The van der Waals surface area contributed by atoms with Gasteiger partial charge < -0.3 is 10.6 Å². The topological polar surface area (TPSA) is 58.2 Å². The number of hydrogen-bond acceptors (Lipinski definition) is 4. The molecule has 13 heteroatoms. The normalized spacial score (nSPS) is 12.4. The summed E-state index contributed by atoms with van der Waals surface area (Å²) in [5, 5.41) is 4.88. The van der Waals surface area contributed by atoms with Crippen molar-refractivity contribution >= 4 is 46.3 Å². The Morgan fingerprint density at radius 3 is 2.15 bits per heavy atom. The fraction of sp³-hybridized carbons (Fsp3) is 0.143. The molecule has 0 radical (unpaired) electrons. The van der Waals surface area contributed by atoms with E-state index in [0.29, 0.717) is 15.5 Å². The molecule has 0 aliphatic heterocycles. The van der Waals surface area contributed by atoms with Crippen LogP contribution in [0.2, 0.25) is 0 Å². The number of rotatable bonds is 6. The molecule has 1 atom stereocenters.